The van der Waals surface area contributed by atoms with Crippen LogP contribution in [0.25, 0.3) is 11.0 Å². The average molecular weight is 405 g/mol. The van der Waals surface area contributed by atoms with E-state index >= 15 is 0 Å². The molecule has 2 aromatic rings. The van der Waals surface area contributed by atoms with Gasteiger partial charge in [0.25, 0.3) is 6.43 Å². The maximum absolute atomic E-state index is 12.7. The quantitative estimate of drug-likeness (QED) is 0.681. The monoisotopic (exact) mass is 404 g/mol. The Labute approximate surface area is 109 Å². The summed E-state index contributed by atoms with van der Waals surface area (Å²) in [6.45, 7) is 0. The molecule has 2 nitrogen and oxygen atoms in total. The SMILES string of the molecule is FC(F)c1cc2cc(Br)cnc2n1SI. The average Bonchev–Trinajstić information content (AvgIpc) is 2.55. The van der Waals surface area contributed by atoms with E-state index in [9.17, 15) is 8.78 Å². The molecule has 2 rings (SSSR count). The van der Waals surface area contributed by atoms with Gasteiger partial charge < -0.3 is 0 Å². The van der Waals surface area contributed by atoms with E-state index in [0.717, 1.165) is 4.47 Å². The number of fused-ring (bicyclic) bond motifs is 1. The van der Waals surface area contributed by atoms with Gasteiger partial charge in [-0.2, -0.15) is 0 Å². The van der Waals surface area contributed by atoms with Crippen molar-refractivity contribution < 1.29 is 8.78 Å². The summed E-state index contributed by atoms with van der Waals surface area (Å²) in [6.07, 6.45) is -0.888. The van der Waals surface area contributed by atoms with E-state index in [1.807, 2.05) is 21.2 Å². The van der Waals surface area contributed by atoms with Crippen molar-refractivity contribution in [1.29, 1.82) is 0 Å². The first kappa shape index (κ1) is 11.6. The lowest BCUT2D eigenvalue weighted by molar-refractivity contribution is 0.146. The summed E-state index contributed by atoms with van der Waals surface area (Å²) in [5.74, 6) is 0. The van der Waals surface area contributed by atoms with Crippen molar-refractivity contribution in [2.24, 2.45) is 0 Å². The molecule has 0 aliphatic carbocycles. The molecule has 0 spiro atoms. The number of hydrogen-bond donors (Lipinski definition) is 0. The Kier molecular flexibility index (Phi) is 3.51. The third-order valence-corrected chi connectivity index (χ3v) is 4.02. The summed E-state index contributed by atoms with van der Waals surface area (Å²) in [4.78, 5) is 4.11. The van der Waals surface area contributed by atoms with Gasteiger partial charge in [0.2, 0.25) is 0 Å². The second kappa shape index (κ2) is 4.54. The fourth-order valence-electron chi connectivity index (χ4n) is 1.29. The van der Waals surface area contributed by atoms with E-state index in [0.29, 0.717) is 11.0 Å². The van der Waals surface area contributed by atoms with E-state index in [-0.39, 0.29) is 5.69 Å². The Morgan fingerprint density at radius 3 is 2.80 bits per heavy atom. The van der Waals surface area contributed by atoms with Crippen LogP contribution in [-0.4, -0.2) is 8.96 Å². The van der Waals surface area contributed by atoms with Crippen LogP contribution in [0.5, 0.6) is 0 Å². The highest BCUT2D eigenvalue weighted by atomic mass is 127. The van der Waals surface area contributed by atoms with Gasteiger partial charge in [-0.1, -0.05) is 0 Å². The topological polar surface area (TPSA) is 17.8 Å². The van der Waals surface area contributed by atoms with Gasteiger partial charge in [-0.05, 0) is 28.1 Å². The Hall–Kier alpha value is 0.110. The highest BCUT2D eigenvalue weighted by Crippen LogP contribution is 2.33. The van der Waals surface area contributed by atoms with Crippen molar-refractivity contribution in [1.82, 2.24) is 8.96 Å². The molecule has 0 aliphatic heterocycles. The molecule has 80 valence electrons. The lowest BCUT2D eigenvalue weighted by Gasteiger charge is -2.02. The zero-order valence-electron chi connectivity index (χ0n) is 7.12. The van der Waals surface area contributed by atoms with Gasteiger partial charge in [-0.25, -0.2) is 13.8 Å². The van der Waals surface area contributed by atoms with E-state index in [1.165, 1.54) is 19.2 Å². The van der Waals surface area contributed by atoms with E-state index in [4.69, 9.17) is 0 Å². The van der Waals surface area contributed by atoms with Gasteiger partial charge in [0.15, 0.2) is 5.65 Å². The molecule has 2 heterocycles. The van der Waals surface area contributed by atoms with Crippen LogP contribution >= 0.6 is 46.3 Å². The number of pyridine rings is 1. The van der Waals surface area contributed by atoms with Crippen LogP contribution in [0, 0.1) is 0 Å². The summed E-state index contributed by atoms with van der Waals surface area (Å²) < 4.78 is 27.6. The minimum absolute atomic E-state index is 0.0185. The Balaban J connectivity index is 2.73. The predicted octanol–water partition coefficient (Wildman–Crippen LogP) is 4.58. The molecule has 0 saturated carbocycles. The first-order valence-electron chi connectivity index (χ1n) is 3.87. The van der Waals surface area contributed by atoms with Crippen molar-refractivity contribution in [3.05, 3.63) is 28.5 Å². The van der Waals surface area contributed by atoms with Crippen LogP contribution in [0.1, 0.15) is 12.1 Å². The van der Waals surface area contributed by atoms with Gasteiger partial charge in [0.05, 0.1) is 5.69 Å². The van der Waals surface area contributed by atoms with Crippen LogP contribution in [0.4, 0.5) is 8.78 Å². The molecule has 0 bridgehead atoms. The van der Waals surface area contributed by atoms with E-state index < -0.39 is 6.43 Å². The standard InChI is InChI=1S/C8H4BrF2IN2S/c9-5-1-4-2-6(7(10)11)14(15-12)8(4)13-3-5/h1-3,7H. The summed E-state index contributed by atoms with van der Waals surface area (Å²) in [7, 11) is 1.19. The third-order valence-electron chi connectivity index (χ3n) is 1.88. The molecule has 0 radical (unpaired) electrons. The number of aromatic nitrogens is 2. The smallest absolute Gasteiger partial charge is 0.257 e. The second-order valence-corrected chi connectivity index (χ2v) is 5.40. The molecule has 0 unspecified atom stereocenters. The van der Waals surface area contributed by atoms with Gasteiger partial charge in [0.1, 0.15) is 0 Å². The second-order valence-electron chi connectivity index (χ2n) is 2.80. The zero-order valence-corrected chi connectivity index (χ0v) is 11.7. The molecular weight excluding hydrogens is 401 g/mol. The molecule has 2 aromatic heterocycles. The fourth-order valence-corrected chi connectivity index (χ4v) is 3.31. The van der Waals surface area contributed by atoms with Crippen molar-refractivity contribution >= 4 is 57.3 Å². The van der Waals surface area contributed by atoms with Crippen molar-refractivity contribution in [3.8, 4) is 0 Å². The van der Waals surface area contributed by atoms with Gasteiger partial charge >= 0.3 is 0 Å². The van der Waals surface area contributed by atoms with Gasteiger partial charge in [-0.3, -0.25) is 3.97 Å². The van der Waals surface area contributed by atoms with Crippen molar-refractivity contribution in [2.45, 2.75) is 6.43 Å². The molecule has 15 heavy (non-hydrogen) atoms. The first-order valence-corrected chi connectivity index (χ1v) is 7.98. The number of rotatable bonds is 2. The van der Waals surface area contributed by atoms with E-state index in [1.54, 1.807) is 12.3 Å². The van der Waals surface area contributed by atoms with E-state index in [2.05, 4.69) is 20.9 Å². The van der Waals surface area contributed by atoms with Crippen molar-refractivity contribution in [3.63, 3.8) is 0 Å². The van der Waals surface area contributed by atoms with Crippen LogP contribution < -0.4 is 0 Å². The molecule has 0 aromatic carbocycles. The molecule has 0 fully saturated rings. The maximum atomic E-state index is 12.7. The van der Waals surface area contributed by atoms with Crippen molar-refractivity contribution in [2.75, 3.05) is 0 Å². The molecule has 7 heteroatoms. The van der Waals surface area contributed by atoms with Gasteiger partial charge in [0, 0.05) is 46.4 Å². The van der Waals surface area contributed by atoms with Crippen LogP contribution in [0.2, 0.25) is 0 Å². The van der Waals surface area contributed by atoms with Crippen LogP contribution in [-0.2, 0) is 0 Å². The molecule has 0 saturated heterocycles. The molecule has 0 N–H and O–H groups in total. The molecular formula is C8H4BrF2IN2S. The third kappa shape index (κ3) is 2.14. The maximum Gasteiger partial charge on any atom is 0.279 e. The summed E-state index contributed by atoms with van der Waals surface area (Å²) >= 11 is 5.22. The minimum Gasteiger partial charge on any atom is -0.257 e. The summed E-state index contributed by atoms with van der Waals surface area (Å²) in [6, 6.07) is 3.24. The lowest BCUT2D eigenvalue weighted by atomic mass is 10.3. The number of hydrogen-bond acceptors (Lipinski definition) is 2. The number of halogens is 4. The molecule has 0 amide bonds. The highest BCUT2D eigenvalue weighted by molar-refractivity contribution is 14.2. The zero-order chi connectivity index (χ0) is 11.0. The summed E-state index contributed by atoms with van der Waals surface area (Å²) in [5, 5.41) is 0.712. The number of nitrogens with zero attached hydrogens (tertiary/aromatic N) is 2. The lowest BCUT2D eigenvalue weighted by Crippen LogP contribution is -1.93. The first-order chi connectivity index (χ1) is 7.13. The normalized spacial score (nSPS) is 11.5. The highest BCUT2D eigenvalue weighted by Gasteiger charge is 2.17. The van der Waals surface area contributed by atoms with Gasteiger partial charge in [-0.15, -0.1) is 0 Å². The fraction of sp³-hybridized carbons (Fsp3) is 0.125. The molecule has 0 atom stereocenters. The minimum atomic E-state index is -2.49. The largest absolute Gasteiger partial charge is 0.279 e. The summed E-state index contributed by atoms with van der Waals surface area (Å²) in [5.41, 5.74) is 0.544. The Morgan fingerprint density at radius 2 is 2.20 bits per heavy atom. The number of alkyl halides is 2. The molecule has 0 aliphatic rings. The van der Waals surface area contributed by atoms with Crippen LogP contribution in [0.3, 0.4) is 0 Å². The Bertz CT molecular complexity index is 503. The predicted molar refractivity (Wildman–Crippen MR) is 69.4 cm³/mol. The Morgan fingerprint density at radius 1 is 1.47 bits per heavy atom. The van der Waals surface area contributed by atoms with Crippen LogP contribution in [0.15, 0.2) is 22.8 Å².